The molecule has 102 valence electrons. The summed E-state index contributed by atoms with van der Waals surface area (Å²) in [5.74, 6) is -2.37. The van der Waals surface area contributed by atoms with Crippen LogP contribution in [0.2, 0.25) is 0 Å². The lowest BCUT2D eigenvalue weighted by molar-refractivity contribution is -0.383. The number of nitro groups is 1. The summed E-state index contributed by atoms with van der Waals surface area (Å²) in [5, 5.41) is 22.4. The first-order valence-corrected chi connectivity index (χ1v) is 5.53. The topological polar surface area (TPSA) is 92.5 Å². The van der Waals surface area contributed by atoms with Gasteiger partial charge in [-0.25, -0.2) is 9.18 Å². The van der Waals surface area contributed by atoms with E-state index in [4.69, 9.17) is 5.11 Å². The molecule has 0 aliphatic carbocycles. The van der Waals surface area contributed by atoms with E-state index in [0.717, 1.165) is 6.07 Å². The molecule has 0 amide bonds. The Labute approximate surface area is 112 Å². The van der Waals surface area contributed by atoms with E-state index in [9.17, 15) is 19.3 Å². The zero-order valence-corrected chi connectivity index (χ0v) is 10.0. The summed E-state index contributed by atoms with van der Waals surface area (Å²) in [5.41, 5.74) is -0.754. The minimum Gasteiger partial charge on any atom is -0.478 e. The molecule has 0 aromatic heterocycles. The Morgan fingerprint density at radius 2 is 1.80 bits per heavy atom. The number of halogens is 1. The molecule has 0 bridgehead atoms. The van der Waals surface area contributed by atoms with Gasteiger partial charge in [-0.15, -0.1) is 0 Å². The molecule has 6 nitrogen and oxygen atoms in total. The van der Waals surface area contributed by atoms with Gasteiger partial charge in [-0.1, -0.05) is 18.2 Å². The molecular formula is C13H9FN2O4. The van der Waals surface area contributed by atoms with Crippen molar-refractivity contribution in [3.63, 3.8) is 0 Å². The Kier molecular flexibility index (Phi) is 3.60. The SMILES string of the molecule is O=C(O)c1c(F)cccc1Nc1ccccc1[N+](=O)[O-]. The number of hydrogen-bond acceptors (Lipinski definition) is 4. The average Bonchev–Trinajstić information content (AvgIpc) is 2.38. The fourth-order valence-electron chi connectivity index (χ4n) is 1.73. The lowest BCUT2D eigenvalue weighted by atomic mass is 10.1. The minimum atomic E-state index is -1.45. The van der Waals surface area contributed by atoms with Crippen LogP contribution >= 0.6 is 0 Å². The molecule has 0 fully saturated rings. The van der Waals surface area contributed by atoms with Crippen LogP contribution in [0.15, 0.2) is 42.5 Å². The van der Waals surface area contributed by atoms with Gasteiger partial charge in [-0.05, 0) is 18.2 Å². The van der Waals surface area contributed by atoms with Crippen molar-refractivity contribution in [1.82, 2.24) is 0 Å². The smallest absolute Gasteiger partial charge is 0.340 e. The van der Waals surface area contributed by atoms with Gasteiger partial charge in [0.1, 0.15) is 17.1 Å². The Hall–Kier alpha value is -2.96. The van der Waals surface area contributed by atoms with E-state index in [2.05, 4.69) is 5.32 Å². The zero-order valence-electron chi connectivity index (χ0n) is 10.0. The number of aromatic carboxylic acids is 1. The van der Waals surface area contributed by atoms with Gasteiger partial charge in [0.15, 0.2) is 0 Å². The molecular weight excluding hydrogens is 267 g/mol. The predicted octanol–water partition coefficient (Wildman–Crippen LogP) is 3.18. The summed E-state index contributed by atoms with van der Waals surface area (Å²) in [4.78, 5) is 21.3. The van der Waals surface area contributed by atoms with Crippen LogP contribution in [0.25, 0.3) is 0 Å². The van der Waals surface area contributed by atoms with E-state index < -0.39 is 22.3 Å². The van der Waals surface area contributed by atoms with E-state index in [-0.39, 0.29) is 17.1 Å². The predicted molar refractivity (Wildman–Crippen MR) is 69.7 cm³/mol. The molecule has 2 N–H and O–H groups in total. The molecule has 0 aliphatic rings. The molecule has 2 rings (SSSR count). The third kappa shape index (κ3) is 2.56. The second-order valence-corrected chi connectivity index (χ2v) is 3.87. The van der Waals surface area contributed by atoms with Crippen LogP contribution in [0.5, 0.6) is 0 Å². The quantitative estimate of drug-likeness (QED) is 0.660. The lowest BCUT2D eigenvalue weighted by Crippen LogP contribution is -2.06. The third-order valence-electron chi connectivity index (χ3n) is 2.60. The second-order valence-electron chi connectivity index (χ2n) is 3.87. The number of carbonyl (C=O) groups is 1. The highest BCUT2D eigenvalue weighted by Gasteiger charge is 2.18. The number of anilines is 2. The Morgan fingerprint density at radius 3 is 2.45 bits per heavy atom. The normalized spacial score (nSPS) is 10.1. The van der Waals surface area contributed by atoms with E-state index in [0.29, 0.717) is 0 Å². The number of nitrogens with one attached hydrogen (secondary N) is 1. The first-order chi connectivity index (χ1) is 9.50. The number of para-hydroxylation sites is 2. The molecule has 0 radical (unpaired) electrons. The van der Waals surface area contributed by atoms with E-state index in [1.54, 1.807) is 6.07 Å². The number of carboxylic acid groups (broad SMARTS) is 1. The van der Waals surface area contributed by atoms with Crippen LogP contribution in [0.4, 0.5) is 21.5 Å². The Balaban J connectivity index is 2.49. The number of benzene rings is 2. The van der Waals surface area contributed by atoms with Gasteiger partial charge in [0.05, 0.1) is 10.6 Å². The zero-order chi connectivity index (χ0) is 14.7. The van der Waals surface area contributed by atoms with Gasteiger partial charge in [0.2, 0.25) is 0 Å². The molecule has 0 unspecified atom stereocenters. The maximum atomic E-state index is 13.5. The third-order valence-corrected chi connectivity index (χ3v) is 2.60. The standard InChI is InChI=1S/C13H9FN2O4/c14-8-4-3-6-10(12(8)13(17)18)15-9-5-1-2-7-11(9)16(19)20/h1-7,15H,(H,17,18). The van der Waals surface area contributed by atoms with Crippen LogP contribution in [0.1, 0.15) is 10.4 Å². The molecule has 0 aliphatic heterocycles. The van der Waals surface area contributed by atoms with Gasteiger partial charge >= 0.3 is 5.97 Å². The number of nitrogens with zero attached hydrogens (tertiary/aromatic N) is 1. The molecule has 0 saturated heterocycles. The van der Waals surface area contributed by atoms with Crippen molar-refractivity contribution in [2.24, 2.45) is 0 Å². The number of carboxylic acids is 1. The van der Waals surface area contributed by atoms with Crippen molar-refractivity contribution in [2.75, 3.05) is 5.32 Å². The van der Waals surface area contributed by atoms with Crippen molar-refractivity contribution in [3.8, 4) is 0 Å². The fraction of sp³-hybridized carbons (Fsp3) is 0. The first kappa shape index (κ1) is 13.5. The average molecular weight is 276 g/mol. The minimum absolute atomic E-state index is 0.0493. The maximum Gasteiger partial charge on any atom is 0.340 e. The lowest BCUT2D eigenvalue weighted by Gasteiger charge is -2.10. The molecule has 0 heterocycles. The number of rotatable bonds is 4. The molecule has 7 heteroatoms. The van der Waals surface area contributed by atoms with Crippen LogP contribution in [-0.2, 0) is 0 Å². The highest BCUT2D eigenvalue weighted by molar-refractivity contribution is 5.95. The van der Waals surface area contributed by atoms with Gasteiger partial charge in [0.25, 0.3) is 5.69 Å². The fourth-order valence-corrected chi connectivity index (χ4v) is 1.73. The van der Waals surface area contributed by atoms with Crippen molar-refractivity contribution in [2.45, 2.75) is 0 Å². The summed E-state index contributed by atoms with van der Waals surface area (Å²) in [6, 6.07) is 9.37. The first-order valence-electron chi connectivity index (χ1n) is 5.53. The second kappa shape index (κ2) is 5.35. The van der Waals surface area contributed by atoms with Crippen LogP contribution < -0.4 is 5.32 Å². The van der Waals surface area contributed by atoms with E-state index in [1.165, 1.54) is 30.3 Å². The van der Waals surface area contributed by atoms with Gasteiger partial charge in [-0.3, -0.25) is 10.1 Å². The highest BCUT2D eigenvalue weighted by Crippen LogP contribution is 2.29. The van der Waals surface area contributed by atoms with Gasteiger partial charge < -0.3 is 10.4 Å². The highest BCUT2D eigenvalue weighted by atomic mass is 19.1. The Morgan fingerprint density at radius 1 is 1.15 bits per heavy atom. The monoisotopic (exact) mass is 276 g/mol. The molecule has 0 spiro atoms. The van der Waals surface area contributed by atoms with Crippen molar-refractivity contribution >= 4 is 23.0 Å². The van der Waals surface area contributed by atoms with Gasteiger partial charge in [0, 0.05) is 6.07 Å². The molecule has 0 atom stereocenters. The van der Waals surface area contributed by atoms with Crippen LogP contribution in [0.3, 0.4) is 0 Å². The summed E-state index contributed by atoms with van der Waals surface area (Å²) in [6.07, 6.45) is 0. The summed E-state index contributed by atoms with van der Waals surface area (Å²) in [6.45, 7) is 0. The number of nitro benzene ring substituents is 1. The Bertz CT molecular complexity index is 688. The van der Waals surface area contributed by atoms with Gasteiger partial charge in [-0.2, -0.15) is 0 Å². The van der Waals surface area contributed by atoms with Crippen molar-refractivity contribution in [3.05, 3.63) is 64.0 Å². The van der Waals surface area contributed by atoms with Crippen LogP contribution in [-0.4, -0.2) is 16.0 Å². The summed E-state index contributed by atoms with van der Waals surface area (Å²) < 4.78 is 13.5. The van der Waals surface area contributed by atoms with E-state index >= 15 is 0 Å². The molecule has 0 saturated carbocycles. The maximum absolute atomic E-state index is 13.5. The molecule has 20 heavy (non-hydrogen) atoms. The summed E-state index contributed by atoms with van der Waals surface area (Å²) in [7, 11) is 0. The molecule has 2 aromatic carbocycles. The summed E-state index contributed by atoms with van der Waals surface area (Å²) >= 11 is 0. The van der Waals surface area contributed by atoms with E-state index in [1.807, 2.05) is 0 Å². The van der Waals surface area contributed by atoms with Crippen LogP contribution in [0, 0.1) is 15.9 Å². The van der Waals surface area contributed by atoms with Crippen molar-refractivity contribution in [1.29, 1.82) is 0 Å². The largest absolute Gasteiger partial charge is 0.478 e. The number of hydrogen-bond donors (Lipinski definition) is 2. The molecule has 2 aromatic rings. The van der Waals surface area contributed by atoms with Crippen molar-refractivity contribution < 1.29 is 19.2 Å².